The summed E-state index contributed by atoms with van der Waals surface area (Å²) in [6.45, 7) is 7.95. The number of ether oxygens (including phenoxy) is 1. The van der Waals surface area contributed by atoms with Crippen molar-refractivity contribution in [2.75, 3.05) is 11.9 Å². The van der Waals surface area contributed by atoms with Crippen LogP contribution in [0.15, 0.2) is 54.6 Å². The van der Waals surface area contributed by atoms with Crippen molar-refractivity contribution in [3.63, 3.8) is 0 Å². The number of amides is 1. The van der Waals surface area contributed by atoms with Gasteiger partial charge in [0.05, 0.1) is 31.0 Å². The molecule has 190 valence electrons. The number of nitrogens with zero attached hydrogens (tertiary/aromatic N) is 3. The molecule has 1 N–H and O–H groups in total. The summed E-state index contributed by atoms with van der Waals surface area (Å²) in [5.41, 5.74) is 6.59. The summed E-state index contributed by atoms with van der Waals surface area (Å²) in [5, 5.41) is 2.83. The standard InChI is InChI=1S/C29H30N4O4/c1-5-37-28(36)15-14-27(35)32-25-16-26-29(30-18(25)2)33(20(4)31-26)17-21-6-8-23(9-7-21)24-12-10-22(11-13-24)19(3)34/h6-13,16H,5,14-15,17H2,1-4H3,(H,32,35). The molecule has 8 heteroatoms. The Morgan fingerprint density at radius 1 is 0.919 bits per heavy atom. The quantitative estimate of drug-likeness (QED) is 0.250. The Morgan fingerprint density at radius 3 is 2.19 bits per heavy atom. The number of carbonyl (C=O) groups excluding carboxylic acids is 3. The highest BCUT2D eigenvalue weighted by Crippen LogP contribution is 2.24. The third kappa shape index (κ3) is 6.09. The molecule has 37 heavy (non-hydrogen) atoms. The van der Waals surface area contributed by atoms with Crippen LogP contribution in [0.1, 0.15) is 54.1 Å². The van der Waals surface area contributed by atoms with Crippen LogP contribution < -0.4 is 5.32 Å². The highest BCUT2D eigenvalue weighted by atomic mass is 16.5. The smallest absolute Gasteiger partial charge is 0.306 e. The Hall–Kier alpha value is -4.33. The molecule has 2 aromatic heterocycles. The molecule has 0 aliphatic heterocycles. The van der Waals surface area contributed by atoms with Crippen molar-refractivity contribution >= 4 is 34.5 Å². The topological polar surface area (TPSA) is 103 Å². The number of imidazole rings is 1. The molecule has 0 saturated carbocycles. The second kappa shape index (κ2) is 11.2. The molecule has 0 unspecified atom stereocenters. The molecule has 0 aliphatic rings. The van der Waals surface area contributed by atoms with Gasteiger partial charge in [0.25, 0.3) is 0 Å². The van der Waals surface area contributed by atoms with Gasteiger partial charge in [-0.05, 0) is 50.5 Å². The fourth-order valence-corrected chi connectivity index (χ4v) is 4.11. The second-order valence-corrected chi connectivity index (χ2v) is 8.89. The van der Waals surface area contributed by atoms with Crippen LogP contribution in [0.2, 0.25) is 0 Å². The van der Waals surface area contributed by atoms with Crippen molar-refractivity contribution in [3.05, 3.63) is 77.2 Å². The van der Waals surface area contributed by atoms with Crippen molar-refractivity contribution in [2.45, 2.75) is 47.1 Å². The van der Waals surface area contributed by atoms with Crippen molar-refractivity contribution < 1.29 is 19.1 Å². The van der Waals surface area contributed by atoms with Crippen LogP contribution >= 0.6 is 0 Å². The van der Waals surface area contributed by atoms with E-state index < -0.39 is 5.97 Å². The monoisotopic (exact) mass is 498 g/mol. The average molecular weight is 499 g/mol. The van der Waals surface area contributed by atoms with Gasteiger partial charge in [-0.1, -0.05) is 48.5 Å². The molecule has 1 amide bonds. The van der Waals surface area contributed by atoms with Gasteiger partial charge in [0.2, 0.25) is 5.91 Å². The van der Waals surface area contributed by atoms with E-state index in [1.165, 1.54) is 0 Å². The zero-order valence-corrected chi connectivity index (χ0v) is 21.5. The maximum absolute atomic E-state index is 12.3. The minimum absolute atomic E-state index is 0.0324. The first-order chi connectivity index (χ1) is 17.7. The van der Waals surface area contributed by atoms with E-state index in [9.17, 15) is 14.4 Å². The molecule has 0 spiro atoms. The summed E-state index contributed by atoms with van der Waals surface area (Å²) in [5.74, 6) is 0.203. The second-order valence-electron chi connectivity index (χ2n) is 8.89. The Balaban J connectivity index is 1.49. The van der Waals surface area contributed by atoms with Gasteiger partial charge in [-0.25, -0.2) is 9.97 Å². The SMILES string of the molecule is CCOC(=O)CCC(=O)Nc1cc2nc(C)n(Cc3ccc(-c4ccc(C(C)=O)cc4)cc3)c2nc1C. The number of carbonyl (C=O) groups is 3. The van der Waals surface area contributed by atoms with Crippen LogP contribution in [-0.4, -0.2) is 38.8 Å². The number of esters is 1. The first-order valence-corrected chi connectivity index (χ1v) is 12.3. The maximum Gasteiger partial charge on any atom is 0.306 e. The molecule has 0 radical (unpaired) electrons. The lowest BCUT2D eigenvalue weighted by atomic mass is 10.0. The number of aromatic nitrogens is 3. The molecular weight excluding hydrogens is 468 g/mol. The molecule has 2 heterocycles. The molecule has 0 atom stereocenters. The molecule has 4 rings (SSSR count). The highest BCUT2D eigenvalue weighted by Gasteiger charge is 2.15. The molecular formula is C29H30N4O4. The zero-order valence-electron chi connectivity index (χ0n) is 21.5. The molecule has 4 aromatic rings. The van der Waals surface area contributed by atoms with Crippen molar-refractivity contribution in [2.24, 2.45) is 0 Å². The van der Waals surface area contributed by atoms with Crippen molar-refractivity contribution in [3.8, 4) is 11.1 Å². The van der Waals surface area contributed by atoms with Gasteiger partial charge < -0.3 is 14.6 Å². The summed E-state index contributed by atoms with van der Waals surface area (Å²) in [6, 6.07) is 17.7. The van der Waals surface area contributed by atoms with Gasteiger partial charge in [-0.3, -0.25) is 14.4 Å². The van der Waals surface area contributed by atoms with Gasteiger partial charge in [0, 0.05) is 12.0 Å². The van der Waals surface area contributed by atoms with Gasteiger partial charge in [-0.2, -0.15) is 0 Å². The van der Waals surface area contributed by atoms with Crippen LogP contribution in [0, 0.1) is 13.8 Å². The number of pyridine rings is 1. The van der Waals surface area contributed by atoms with E-state index in [-0.39, 0.29) is 24.5 Å². The summed E-state index contributed by atoms with van der Waals surface area (Å²) in [7, 11) is 0. The van der Waals surface area contributed by atoms with E-state index >= 15 is 0 Å². The largest absolute Gasteiger partial charge is 0.466 e. The number of anilines is 1. The summed E-state index contributed by atoms with van der Waals surface area (Å²) < 4.78 is 6.92. The van der Waals surface area contributed by atoms with E-state index in [4.69, 9.17) is 9.72 Å². The zero-order chi connectivity index (χ0) is 26.5. The number of Topliss-reactive ketones (excluding diaryl/α,β-unsaturated/α-hetero) is 1. The van der Waals surface area contributed by atoms with Gasteiger partial charge >= 0.3 is 5.97 Å². The molecule has 0 fully saturated rings. The minimum Gasteiger partial charge on any atom is -0.466 e. The van der Waals surface area contributed by atoms with Crippen LogP contribution in [0.5, 0.6) is 0 Å². The molecule has 0 aliphatic carbocycles. The number of fused-ring (bicyclic) bond motifs is 1. The van der Waals surface area contributed by atoms with E-state index in [2.05, 4.69) is 34.6 Å². The summed E-state index contributed by atoms with van der Waals surface area (Å²) >= 11 is 0. The summed E-state index contributed by atoms with van der Waals surface area (Å²) in [4.78, 5) is 44.7. The number of benzene rings is 2. The lowest BCUT2D eigenvalue weighted by Crippen LogP contribution is -2.15. The van der Waals surface area contributed by atoms with Crippen LogP contribution in [0.3, 0.4) is 0 Å². The fourth-order valence-electron chi connectivity index (χ4n) is 4.11. The van der Waals surface area contributed by atoms with E-state index in [1.54, 1.807) is 13.8 Å². The number of rotatable bonds is 9. The normalized spacial score (nSPS) is 10.9. The first kappa shape index (κ1) is 25.8. The Bertz CT molecular complexity index is 1450. The Kier molecular flexibility index (Phi) is 7.77. The van der Waals surface area contributed by atoms with Gasteiger partial charge in [-0.15, -0.1) is 0 Å². The fraction of sp³-hybridized carbons (Fsp3) is 0.276. The average Bonchev–Trinajstić information content (AvgIpc) is 3.17. The lowest BCUT2D eigenvalue weighted by molar-refractivity contribution is -0.144. The highest BCUT2D eigenvalue weighted by molar-refractivity contribution is 5.95. The number of hydrogen-bond donors (Lipinski definition) is 1. The third-order valence-corrected chi connectivity index (χ3v) is 6.16. The molecule has 0 bridgehead atoms. The van der Waals surface area contributed by atoms with Gasteiger partial charge in [0.1, 0.15) is 11.3 Å². The number of hydrogen-bond acceptors (Lipinski definition) is 6. The number of ketones is 1. The van der Waals surface area contributed by atoms with Crippen molar-refractivity contribution in [1.82, 2.24) is 14.5 Å². The molecule has 2 aromatic carbocycles. The lowest BCUT2D eigenvalue weighted by Gasteiger charge is -2.10. The predicted molar refractivity (Wildman–Crippen MR) is 142 cm³/mol. The molecule has 0 saturated heterocycles. The van der Waals surface area contributed by atoms with E-state index in [0.717, 1.165) is 28.2 Å². The molecule has 8 nitrogen and oxygen atoms in total. The minimum atomic E-state index is -0.392. The predicted octanol–water partition coefficient (Wildman–Crippen LogP) is 5.25. The van der Waals surface area contributed by atoms with Crippen LogP contribution in [-0.2, 0) is 20.9 Å². The van der Waals surface area contributed by atoms with Gasteiger partial charge in [0.15, 0.2) is 11.4 Å². The third-order valence-electron chi connectivity index (χ3n) is 6.16. The first-order valence-electron chi connectivity index (χ1n) is 12.3. The van der Waals surface area contributed by atoms with Crippen LogP contribution in [0.4, 0.5) is 5.69 Å². The van der Waals surface area contributed by atoms with Crippen LogP contribution in [0.25, 0.3) is 22.3 Å². The summed E-state index contributed by atoms with van der Waals surface area (Å²) in [6.07, 6.45) is 0.0747. The maximum atomic E-state index is 12.3. The van der Waals surface area contributed by atoms with Crippen molar-refractivity contribution in [1.29, 1.82) is 0 Å². The number of nitrogens with one attached hydrogen (secondary N) is 1. The number of aryl methyl sites for hydroxylation is 2. The Labute approximate surface area is 215 Å². The van der Waals surface area contributed by atoms with E-state index in [1.807, 2.05) is 48.7 Å². The Morgan fingerprint density at radius 2 is 1.57 bits per heavy atom. The van der Waals surface area contributed by atoms with E-state index in [0.29, 0.717) is 35.6 Å².